The van der Waals surface area contributed by atoms with Gasteiger partial charge in [-0.1, -0.05) is 15.9 Å². The van der Waals surface area contributed by atoms with Crippen LogP contribution in [0.5, 0.6) is 34.5 Å². The summed E-state index contributed by atoms with van der Waals surface area (Å²) in [5.41, 5.74) is 2.48. The van der Waals surface area contributed by atoms with Crippen molar-refractivity contribution < 1.29 is 30.6 Å². The third-order valence-corrected chi connectivity index (χ3v) is 8.34. The SMILES string of the molecule is Oc1cc(Br)c(Cc2cc(O)c(O)c(Br)c2Cc2cc(O)c(O)c(Br)c2Br)cc1O. The number of hydrogen-bond donors (Lipinski definition) is 6. The quantitative estimate of drug-likeness (QED) is 0.186. The summed E-state index contributed by atoms with van der Waals surface area (Å²) in [6.07, 6.45) is 0.470. The Balaban J connectivity index is 2.14. The Bertz CT molecular complexity index is 1160. The number of rotatable bonds is 4. The van der Waals surface area contributed by atoms with Crippen molar-refractivity contribution in [3.05, 3.63) is 64.4 Å². The topological polar surface area (TPSA) is 121 Å². The zero-order valence-electron chi connectivity index (χ0n) is 14.9. The number of halogens is 4. The Labute approximate surface area is 205 Å². The van der Waals surface area contributed by atoms with E-state index in [1.807, 2.05) is 0 Å². The molecular formula is C20H14Br4O6. The van der Waals surface area contributed by atoms with Crippen LogP contribution in [0, 0.1) is 0 Å². The van der Waals surface area contributed by atoms with Crippen molar-refractivity contribution in [2.45, 2.75) is 12.8 Å². The second-order valence-electron chi connectivity index (χ2n) is 6.51. The van der Waals surface area contributed by atoms with E-state index >= 15 is 0 Å². The van der Waals surface area contributed by atoms with Gasteiger partial charge in [0.1, 0.15) is 0 Å². The molecule has 3 aromatic rings. The first-order chi connectivity index (χ1) is 14.0. The van der Waals surface area contributed by atoms with E-state index in [1.54, 1.807) is 0 Å². The zero-order chi connectivity index (χ0) is 22.3. The van der Waals surface area contributed by atoms with Gasteiger partial charge in [0.25, 0.3) is 0 Å². The highest BCUT2D eigenvalue weighted by Crippen LogP contribution is 2.45. The fourth-order valence-electron chi connectivity index (χ4n) is 2.97. The molecule has 0 fully saturated rings. The highest BCUT2D eigenvalue weighted by molar-refractivity contribution is 9.13. The normalized spacial score (nSPS) is 11.1. The number of benzene rings is 3. The van der Waals surface area contributed by atoms with Crippen LogP contribution in [-0.2, 0) is 12.8 Å². The lowest BCUT2D eigenvalue weighted by atomic mass is 9.94. The third kappa shape index (κ3) is 4.37. The average molecular weight is 670 g/mol. The van der Waals surface area contributed by atoms with Gasteiger partial charge in [0.2, 0.25) is 0 Å². The lowest BCUT2D eigenvalue weighted by Gasteiger charge is -2.17. The zero-order valence-corrected chi connectivity index (χ0v) is 21.3. The Morgan fingerprint density at radius 3 is 1.63 bits per heavy atom. The van der Waals surface area contributed by atoms with Gasteiger partial charge in [-0.25, -0.2) is 0 Å². The van der Waals surface area contributed by atoms with Crippen LogP contribution < -0.4 is 0 Å². The first-order valence-corrected chi connectivity index (χ1v) is 11.5. The predicted molar refractivity (Wildman–Crippen MR) is 126 cm³/mol. The van der Waals surface area contributed by atoms with Crippen molar-refractivity contribution in [3.8, 4) is 34.5 Å². The highest BCUT2D eigenvalue weighted by Gasteiger charge is 2.21. The summed E-state index contributed by atoms with van der Waals surface area (Å²) < 4.78 is 1.63. The molecular weight excluding hydrogens is 656 g/mol. The van der Waals surface area contributed by atoms with Crippen LogP contribution in [-0.4, -0.2) is 30.6 Å². The number of aromatic hydroxyl groups is 6. The standard InChI is InChI=1S/C20H14Br4O6/c21-11-6-13(26)12(25)4-8(11)1-7-3-14(27)19(29)17(23)10(7)2-9-5-15(28)20(30)18(24)16(9)22/h3-6,25-30H,1-2H2. The lowest BCUT2D eigenvalue weighted by molar-refractivity contribution is 0.399. The van der Waals surface area contributed by atoms with Gasteiger partial charge in [0, 0.05) is 15.4 Å². The molecule has 0 bridgehead atoms. The van der Waals surface area contributed by atoms with Gasteiger partial charge in [-0.2, -0.15) is 0 Å². The molecule has 3 aromatic carbocycles. The third-order valence-electron chi connectivity index (χ3n) is 4.54. The van der Waals surface area contributed by atoms with E-state index in [1.165, 1.54) is 24.3 Å². The number of phenolic OH excluding ortho intramolecular Hbond substituents is 6. The Morgan fingerprint density at radius 1 is 0.500 bits per heavy atom. The Kier molecular flexibility index (Phi) is 6.81. The summed E-state index contributed by atoms with van der Waals surface area (Å²) in [4.78, 5) is 0. The minimum absolute atomic E-state index is 0.221. The first kappa shape index (κ1) is 23.1. The van der Waals surface area contributed by atoms with E-state index in [2.05, 4.69) is 63.7 Å². The van der Waals surface area contributed by atoms with E-state index in [4.69, 9.17) is 0 Å². The summed E-state index contributed by atoms with van der Waals surface area (Å²) in [6, 6.07) is 5.58. The minimum atomic E-state index is -0.334. The van der Waals surface area contributed by atoms with Gasteiger partial charge in [0.15, 0.2) is 34.5 Å². The monoisotopic (exact) mass is 666 g/mol. The van der Waals surface area contributed by atoms with Gasteiger partial charge in [0.05, 0.1) is 8.95 Å². The minimum Gasteiger partial charge on any atom is -0.504 e. The largest absolute Gasteiger partial charge is 0.504 e. The molecule has 0 aliphatic carbocycles. The molecule has 0 heterocycles. The van der Waals surface area contributed by atoms with E-state index in [9.17, 15) is 30.6 Å². The molecule has 0 saturated heterocycles. The van der Waals surface area contributed by atoms with Crippen LogP contribution >= 0.6 is 63.7 Å². The summed E-state index contributed by atoms with van der Waals surface area (Å²) in [5.74, 6) is -1.83. The van der Waals surface area contributed by atoms with Crippen LogP contribution in [0.1, 0.15) is 22.3 Å². The van der Waals surface area contributed by atoms with Crippen LogP contribution in [0.15, 0.2) is 42.2 Å². The molecule has 0 aliphatic heterocycles. The van der Waals surface area contributed by atoms with Crippen molar-refractivity contribution in [2.75, 3.05) is 0 Å². The molecule has 10 heteroatoms. The number of hydrogen-bond acceptors (Lipinski definition) is 6. The molecule has 0 amide bonds. The molecule has 0 radical (unpaired) electrons. The van der Waals surface area contributed by atoms with E-state index in [-0.39, 0.29) is 56.3 Å². The van der Waals surface area contributed by atoms with E-state index < -0.39 is 0 Å². The van der Waals surface area contributed by atoms with Crippen molar-refractivity contribution in [1.29, 1.82) is 0 Å². The van der Waals surface area contributed by atoms with Crippen molar-refractivity contribution >= 4 is 63.7 Å². The van der Waals surface area contributed by atoms with E-state index in [0.29, 0.717) is 31.2 Å². The maximum absolute atomic E-state index is 10.2. The molecule has 0 spiro atoms. The molecule has 0 aliphatic rings. The van der Waals surface area contributed by atoms with Crippen LogP contribution in [0.25, 0.3) is 0 Å². The van der Waals surface area contributed by atoms with Crippen molar-refractivity contribution in [3.63, 3.8) is 0 Å². The molecule has 0 unspecified atom stereocenters. The average Bonchev–Trinajstić information content (AvgIpc) is 2.69. The van der Waals surface area contributed by atoms with Crippen LogP contribution in [0.3, 0.4) is 0 Å². The highest BCUT2D eigenvalue weighted by atomic mass is 79.9. The summed E-state index contributed by atoms with van der Waals surface area (Å²) in [5, 5.41) is 59.7. The van der Waals surface area contributed by atoms with Crippen molar-refractivity contribution in [2.24, 2.45) is 0 Å². The maximum atomic E-state index is 10.2. The summed E-state index contributed by atoms with van der Waals surface area (Å²) in [6.45, 7) is 0. The van der Waals surface area contributed by atoms with Gasteiger partial charge in [-0.15, -0.1) is 0 Å². The number of phenols is 6. The molecule has 30 heavy (non-hydrogen) atoms. The summed E-state index contributed by atoms with van der Waals surface area (Å²) >= 11 is 13.3. The fraction of sp³-hybridized carbons (Fsp3) is 0.100. The molecule has 6 N–H and O–H groups in total. The second kappa shape index (κ2) is 8.86. The molecule has 0 aromatic heterocycles. The van der Waals surface area contributed by atoms with E-state index in [0.717, 1.165) is 0 Å². The lowest BCUT2D eigenvalue weighted by Crippen LogP contribution is -2.01. The molecule has 158 valence electrons. The van der Waals surface area contributed by atoms with Crippen LogP contribution in [0.2, 0.25) is 0 Å². The molecule has 6 nitrogen and oxygen atoms in total. The molecule has 3 rings (SSSR count). The summed E-state index contributed by atoms with van der Waals surface area (Å²) in [7, 11) is 0. The Hall–Kier alpha value is -1.62. The smallest absolute Gasteiger partial charge is 0.173 e. The first-order valence-electron chi connectivity index (χ1n) is 8.32. The van der Waals surface area contributed by atoms with Gasteiger partial charge in [-0.3, -0.25) is 0 Å². The molecule has 0 atom stereocenters. The predicted octanol–water partition coefficient (Wildman–Crippen LogP) is 6.15. The van der Waals surface area contributed by atoms with Gasteiger partial charge in [-0.05, 0) is 101 Å². The fourth-order valence-corrected chi connectivity index (χ4v) is 4.94. The maximum Gasteiger partial charge on any atom is 0.173 e. The molecule has 0 saturated carbocycles. The Morgan fingerprint density at radius 2 is 1.00 bits per heavy atom. The van der Waals surface area contributed by atoms with Crippen molar-refractivity contribution in [1.82, 2.24) is 0 Å². The van der Waals surface area contributed by atoms with Gasteiger partial charge >= 0.3 is 0 Å². The van der Waals surface area contributed by atoms with Crippen LogP contribution in [0.4, 0.5) is 0 Å². The van der Waals surface area contributed by atoms with Gasteiger partial charge < -0.3 is 30.6 Å². The second-order valence-corrected chi connectivity index (χ2v) is 9.75.